The summed E-state index contributed by atoms with van der Waals surface area (Å²) in [5.74, 6) is 0.794. The number of nitro groups is 1. The molecule has 0 aliphatic heterocycles. The molecule has 0 saturated heterocycles. The van der Waals surface area contributed by atoms with Gasteiger partial charge in [0.15, 0.2) is 0 Å². The standard InChI is InChI=1S/C15H12BrN5O2/c16-13-7-12(21(22)23)2-3-14(13)18-8-11-1-4-15(19-9-11)20-6-5-17-10-20/h1-7,9-10,18H,8H2. The van der Waals surface area contributed by atoms with E-state index in [1.165, 1.54) is 12.1 Å². The van der Waals surface area contributed by atoms with Crippen molar-refractivity contribution < 1.29 is 4.92 Å². The molecule has 0 fully saturated rings. The first-order chi connectivity index (χ1) is 11.1. The van der Waals surface area contributed by atoms with Crippen molar-refractivity contribution in [3.63, 3.8) is 0 Å². The smallest absolute Gasteiger partial charge is 0.270 e. The summed E-state index contributed by atoms with van der Waals surface area (Å²) in [5, 5.41) is 13.9. The minimum Gasteiger partial charge on any atom is -0.380 e. The first kappa shape index (κ1) is 15.2. The summed E-state index contributed by atoms with van der Waals surface area (Å²) < 4.78 is 2.47. The Morgan fingerprint density at radius 3 is 2.78 bits per heavy atom. The van der Waals surface area contributed by atoms with Crippen molar-refractivity contribution in [3.05, 3.63) is 75.4 Å². The number of aromatic nitrogens is 3. The van der Waals surface area contributed by atoms with E-state index in [1.807, 2.05) is 22.9 Å². The molecule has 8 heteroatoms. The van der Waals surface area contributed by atoms with E-state index in [4.69, 9.17) is 0 Å². The average molecular weight is 374 g/mol. The SMILES string of the molecule is O=[N+]([O-])c1ccc(NCc2ccc(-n3ccnc3)nc2)c(Br)c1. The van der Waals surface area contributed by atoms with Gasteiger partial charge in [-0.05, 0) is 33.6 Å². The molecular weight excluding hydrogens is 362 g/mol. The van der Waals surface area contributed by atoms with Gasteiger partial charge in [0.25, 0.3) is 5.69 Å². The maximum absolute atomic E-state index is 10.7. The molecule has 3 rings (SSSR count). The molecular formula is C15H12BrN5O2. The van der Waals surface area contributed by atoms with E-state index in [-0.39, 0.29) is 5.69 Å². The van der Waals surface area contributed by atoms with Gasteiger partial charge in [0.1, 0.15) is 12.1 Å². The number of pyridine rings is 1. The van der Waals surface area contributed by atoms with Crippen LogP contribution in [0.1, 0.15) is 5.56 Å². The number of halogens is 1. The fraction of sp³-hybridized carbons (Fsp3) is 0.0667. The molecule has 23 heavy (non-hydrogen) atoms. The number of rotatable bonds is 5. The Kier molecular flexibility index (Phi) is 4.33. The first-order valence-electron chi connectivity index (χ1n) is 6.74. The Balaban J connectivity index is 1.67. The molecule has 7 nitrogen and oxygen atoms in total. The molecule has 1 aromatic carbocycles. The second-order valence-corrected chi connectivity index (χ2v) is 5.62. The van der Waals surface area contributed by atoms with Crippen LogP contribution in [0, 0.1) is 10.1 Å². The lowest BCUT2D eigenvalue weighted by atomic mass is 10.2. The Hall–Kier alpha value is -2.74. The molecule has 0 spiro atoms. The van der Waals surface area contributed by atoms with Gasteiger partial charge in [0.2, 0.25) is 0 Å². The van der Waals surface area contributed by atoms with Gasteiger partial charge < -0.3 is 5.32 Å². The second-order valence-electron chi connectivity index (χ2n) is 4.77. The van der Waals surface area contributed by atoms with Gasteiger partial charge in [-0.1, -0.05) is 6.07 Å². The molecule has 116 valence electrons. The molecule has 1 N–H and O–H groups in total. The number of nitrogens with one attached hydrogen (secondary N) is 1. The highest BCUT2D eigenvalue weighted by Gasteiger charge is 2.08. The van der Waals surface area contributed by atoms with E-state index >= 15 is 0 Å². The lowest BCUT2D eigenvalue weighted by Gasteiger charge is -2.09. The number of nitrogens with zero attached hydrogens (tertiary/aromatic N) is 4. The van der Waals surface area contributed by atoms with Gasteiger partial charge in [-0.25, -0.2) is 9.97 Å². The van der Waals surface area contributed by atoms with Crippen molar-refractivity contribution in [2.75, 3.05) is 5.32 Å². The molecule has 0 atom stereocenters. The molecule has 0 saturated carbocycles. The van der Waals surface area contributed by atoms with Crippen molar-refractivity contribution in [3.8, 4) is 5.82 Å². The van der Waals surface area contributed by atoms with Gasteiger partial charge >= 0.3 is 0 Å². The fourth-order valence-electron chi connectivity index (χ4n) is 2.03. The lowest BCUT2D eigenvalue weighted by Crippen LogP contribution is -2.02. The summed E-state index contributed by atoms with van der Waals surface area (Å²) in [6, 6.07) is 8.49. The largest absolute Gasteiger partial charge is 0.380 e. The molecule has 2 heterocycles. The van der Waals surface area contributed by atoms with Crippen LogP contribution in [-0.2, 0) is 6.54 Å². The number of imidazole rings is 1. The van der Waals surface area contributed by atoms with Crippen LogP contribution in [0.15, 0.2) is 59.7 Å². The fourth-order valence-corrected chi connectivity index (χ4v) is 2.53. The molecule has 0 aliphatic carbocycles. The maximum Gasteiger partial charge on any atom is 0.270 e. The van der Waals surface area contributed by atoms with E-state index in [2.05, 4.69) is 31.2 Å². The molecule has 0 bridgehead atoms. The third-order valence-electron chi connectivity index (χ3n) is 3.22. The topological polar surface area (TPSA) is 85.9 Å². The summed E-state index contributed by atoms with van der Waals surface area (Å²) in [6.45, 7) is 0.563. The van der Waals surface area contributed by atoms with E-state index in [1.54, 1.807) is 24.8 Å². The van der Waals surface area contributed by atoms with Gasteiger partial charge in [-0.2, -0.15) is 0 Å². The van der Waals surface area contributed by atoms with E-state index < -0.39 is 4.92 Å². The Labute approximate surface area is 140 Å². The summed E-state index contributed by atoms with van der Waals surface area (Å²) in [5.41, 5.74) is 1.84. The number of benzene rings is 1. The third-order valence-corrected chi connectivity index (χ3v) is 3.88. The highest BCUT2D eigenvalue weighted by Crippen LogP contribution is 2.27. The van der Waals surface area contributed by atoms with Crippen molar-refractivity contribution in [1.82, 2.24) is 14.5 Å². The van der Waals surface area contributed by atoms with Crippen molar-refractivity contribution in [2.24, 2.45) is 0 Å². The highest BCUT2D eigenvalue weighted by atomic mass is 79.9. The Morgan fingerprint density at radius 2 is 2.17 bits per heavy atom. The Morgan fingerprint density at radius 1 is 1.30 bits per heavy atom. The van der Waals surface area contributed by atoms with Crippen LogP contribution in [0.2, 0.25) is 0 Å². The van der Waals surface area contributed by atoms with Crippen molar-refractivity contribution in [1.29, 1.82) is 0 Å². The zero-order valence-electron chi connectivity index (χ0n) is 11.9. The van der Waals surface area contributed by atoms with Crippen LogP contribution in [0.25, 0.3) is 5.82 Å². The van der Waals surface area contributed by atoms with E-state index in [0.717, 1.165) is 17.1 Å². The number of nitro benzene ring substituents is 1. The van der Waals surface area contributed by atoms with Crippen LogP contribution in [-0.4, -0.2) is 19.5 Å². The van der Waals surface area contributed by atoms with Gasteiger partial charge in [0.05, 0.1) is 4.92 Å². The highest BCUT2D eigenvalue weighted by molar-refractivity contribution is 9.10. The van der Waals surface area contributed by atoms with E-state index in [9.17, 15) is 10.1 Å². The summed E-state index contributed by atoms with van der Waals surface area (Å²) in [7, 11) is 0. The number of non-ortho nitro benzene ring substituents is 1. The Bertz CT molecular complexity index is 818. The number of hydrogen-bond acceptors (Lipinski definition) is 5. The van der Waals surface area contributed by atoms with Crippen molar-refractivity contribution in [2.45, 2.75) is 6.54 Å². The van der Waals surface area contributed by atoms with Crippen LogP contribution in [0.3, 0.4) is 0 Å². The first-order valence-corrected chi connectivity index (χ1v) is 7.54. The number of anilines is 1. The van der Waals surface area contributed by atoms with Gasteiger partial charge in [-0.3, -0.25) is 14.7 Å². The van der Waals surface area contributed by atoms with E-state index in [0.29, 0.717) is 11.0 Å². The maximum atomic E-state index is 10.7. The van der Waals surface area contributed by atoms with Crippen molar-refractivity contribution >= 4 is 27.3 Å². The normalized spacial score (nSPS) is 10.5. The molecule has 0 amide bonds. The summed E-state index contributed by atoms with van der Waals surface area (Å²) in [4.78, 5) is 18.7. The second kappa shape index (κ2) is 6.57. The summed E-state index contributed by atoms with van der Waals surface area (Å²) >= 11 is 3.33. The summed E-state index contributed by atoms with van der Waals surface area (Å²) in [6.07, 6.45) is 6.99. The zero-order valence-corrected chi connectivity index (χ0v) is 13.5. The predicted molar refractivity (Wildman–Crippen MR) is 89.5 cm³/mol. The number of hydrogen-bond donors (Lipinski definition) is 1. The quantitative estimate of drug-likeness (QED) is 0.545. The van der Waals surface area contributed by atoms with Crippen LogP contribution < -0.4 is 5.32 Å². The van der Waals surface area contributed by atoms with Gasteiger partial charge in [-0.15, -0.1) is 0 Å². The van der Waals surface area contributed by atoms with Gasteiger partial charge in [0, 0.05) is 47.4 Å². The third kappa shape index (κ3) is 3.54. The minimum absolute atomic E-state index is 0.0498. The molecule has 0 aliphatic rings. The molecule has 0 radical (unpaired) electrons. The minimum atomic E-state index is -0.423. The predicted octanol–water partition coefficient (Wildman–Crippen LogP) is 3.55. The van der Waals surface area contributed by atoms with Crippen LogP contribution in [0.4, 0.5) is 11.4 Å². The van der Waals surface area contributed by atoms with Crippen LogP contribution >= 0.6 is 15.9 Å². The average Bonchev–Trinajstić information content (AvgIpc) is 3.08. The zero-order chi connectivity index (χ0) is 16.2. The monoisotopic (exact) mass is 373 g/mol. The molecule has 2 aromatic heterocycles. The lowest BCUT2D eigenvalue weighted by molar-refractivity contribution is -0.384. The molecule has 3 aromatic rings. The molecule has 0 unspecified atom stereocenters. The van der Waals surface area contributed by atoms with Crippen LogP contribution in [0.5, 0.6) is 0 Å².